The molecule has 2 unspecified atom stereocenters. The Morgan fingerprint density at radius 2 is 1.62 bits per heavy atom. The fourth-order valence-corrected chi connectivity index (χ4v) is 5.53. The molecule has 0 amide bonds. The van der Waals surface area contributed by atoms with E-state index in [1.807, 2.05) is 36.4 Å². The molecule has 0 bridgehead atoms. The van der Waals surface area contributed by atoms with Gasteiger partial charge < -0.3 is 0 Å². The molecule has 2 aromatic rings. The van der Waals surface area contributed by atoms with Gasteiger partial charge in [-0.1, -0.05) is 0 Å². The third-order valence-corrected chi connectivity index (χ3v) is 6.92. The molecule has 2 aromatic carbocycles. The Kier molecular flexibility index (Phi) is 6.13. The van der Waals surface area contributed by atoms with Crippen LogP contribution in [0.15, 0.2) is 60.7 Å². The quantitative estimate of drug-likeness (QED) is 0.462. The van der Waals surface area contributed by atoms with Gasteiger partial charge in [0.2, 0.25) is 0 Å². The Labute approximate surface area is 149 Å². The predicted molar refractivity (Wildman–Crippen MR) is 97.2 cm³/mol. The molecule has 1 fully saturated rings. The minimum absolute atomic E-state index is 0.0107. The van der Waals surface area contributed by atoms with E-state index in [4.69, 9.17) is 4.74 Å². The van der Waals surface area contributed by atoms with Gasteiger partial charge in [0, 0.05) is 0 Å². The zero-order chi connectivity index (χ0) is 16.6. The molecule has 1 saturated carbocycles. The third-order valence-electron chi connectivity index (χ3n) is 4.01. The van der Waals surface area contributed by atoms with Crippen molar-refractivity contribution in [2.45, 2.75) is 36.6 Å². The summed E-state index contributed by atoms with van der Waals surface area (Å²) in [7, 11) is 0. The Morgan fingerprint density at radius 3 is 2.38 bits per heavy atom. The van der Waals surface area contributed by atoms with Gasteiger partial charge in [-0.05, 0) is 0 Å². The van der Waals surface area contributed by atoms with Gasteiger partial charge in [0.15, 0.2) is 0 Å². The molecule has 0 aliphatic heterocycles. The molecule has 0 aromatic heterocycles. The van der Waals surface area contributed by atoms with Crippen LogP contribution in [0, 0.1) is 11.8 Å². The molecule has 0 heterocycles. The van der Waals surface area contributed by atoms with Gasteiger partial charge in [0.05, 0.1) is 0 Å². The average molecular weight is 383 g/mol. The van der Waals surface area contributed by atoms with Crippen LogP contribution in [-0.2, 0) is 9.53 Å². The number of ether oxygens (including phenoxy) is 1. The topological polar surface area (TPSA) is 26.3 Å². The second kappa shape index (κ2) is 8.73. The van der Waals surface area contributed by atoms with Crippen molar-refractivity contribution in [3.05, 3.63) is 66.2 Å². The predicted octanol–water partition coefficient (Wildman–Crippen LogP) is 3.34. The Morgan fingerprint density at radius 1 is 0.958 bits per heavy atom. The van der Waals surface area contributed by atoms with Gasteiger partial charge in [-0.25, -0.2) is 0 Å². The first-order valence-electron chi connectivity index (χ1n) is 8.30. The molecule has 0 spiro atoms. The normalized spacial score (nSPS) is 19.8. The average Bonchev–Trinajstić information content (AvgIpc) is 2.63. The van der Waals surface area contributed by atoms with Crippen LogP contribution in [0.3, 0.4) is 0 Å². The van der Waals surface area contributed by atoms with Crippen molar-refractivity contribution in [2.75, 3.05) is 0 Å². The SMILES string of the molecule is O=C(C#Cc1ccccc1)OC1CCCCC1[Se]c1ccccc1. The number of hydrogen-bond acceptors (Lipinski definition) is 2. The minimum atomic E-state index is -0.403. The van der Waals surface area contributed by atoms with E-state index in [-0.39, 0.29) is 6.10 Å². The fourth-order valence-electron chi connectivity index (χ4n) is 2.82. The summed E-state index contributed by atoms with van der Waals surface area (Å²) in [6.07, 6.45) is 4.46. The van der Waals surface area contributed by atoms with Crippen LogP contribution in [-0.4, -0.2) is 27.0 Å². The number of benzene rings is 2. The van der Waals surface area contributed by atoms with E-state index in [0.717, 1.165) is 24.8 Å². The maximum atomic E-state index is 12.1. The van der Waals surface area contributed by atoms with Crippen molar-refractivity contribution in [1.29, 1.82) is 0 Å². The van der Waals surface area contributed by atoms with Crippen molar-refractivity contribution in [2.24, 2.45) is 0 Å². The molecule has 1 aliphatic rings. The van der Waals surface area contributed by atoms with E-state index in [2.05, 4.69) is 36.1 Å². The van der Waals surface area contributed by atoms with Gasteiger partial charge in [-0.3, -0.25) is 0 Å². The zero-order valence-electron chi connectivity index (χ0n) is 13.5. The van der Waals surface area contributed by atoms with Crippen molar-refractivity contribution in [1.82, 2.24) is 0 Å². The third kappa shape index (κ3) is 4.99. The maximum absolute atomic E-state index is 12.1. The van der Waals surface area contributed by atoms with Crippen LogP contribution in [0.2, 0.25) is 4.82 Å². The van der Waals surface area contributed by atoms with Crippen LogP contribution in [0.1, 0.15) is 31.2 Å². The first-order chi connectivity index (χ1) is 11.8. The van der Waals surface area contributed by atoms with E-state index >= 15 is 0 Å². The molecule has 24 heavy (non-hydrogen) atoms. The summed E-state index contributed by atoms with van der Waals surface area (Å²) < 4.78 is 7.07. The van der Waals surface area contributed by atoms with Crippen LogP contribution in [0.4, 0.5) is 0 Å². The summed E-state index contributed by atoms with van der Waals surface area (Å²) in [5.74, 6) is 5.10. The summed E-state index contributed by atoms with van der Waals surface area (Å²) in [6.45, 7) is 0. The van der Waals surface area contributed by atoms with Gasteiger partial charge in [0.25, 0.3) is 0 Å². The van der Waals surface area contributed by atoms with E-state index < -0.39 is 5.97 Å². The van der Waals surface area contributed by atoms with Crippen LogP contribution >= 0.6 is 0 Å². The van der Waals surface area contributed by atoms with Gasteiger partial charge in [0.1, 0.15) is 0 Å². The summed E-state index contributed by atoms with van der Waals surface area (Å²) in [5.41, 5.74) is 0.836. The summed E-state index contributed by atoms with van der Waals surface area (Å²) in [4.78, 5) is 12.5. The van der Waals surface area contributed by atoms with Gasteiger partial charge >= 0.3 is 150 Å². The number of rotatable bonds is 3. The van der Waals surface area contributed by atoms with Crippen LogP contribution in [0.25, 0.3) is 0 Å². The van der Waals surface area contributed by atoms with Crippen molar-refractivity contribution < 1.29 is 9.53 Å². The Balaban J connectivity index is 1.61. The molecule has 2 nitrogen and oxygen atoms in total. The van der Waals surface area contributed by atoms with Crippen LogP contribution < -0.4 is 4.46 Å². The second-order valence-electron chi connectivity index (χ2n) is 5.81. The summed E-state index contributed by atoms with van der Waals surface area (Å²) >= 11 is 0.333. The molecular weight excluding hydrogens is 363 g/mol. The molecule has 3 heteroatoms. The number of carbonyl (C=O) groups is 1. The number of esters is 1. The molecule has 122 valence electrons. The molecule has 0 saturated heterocycles. The first-order valence-corrected chi connectivity index (χ1v) is 10.2. The number of carbonyl (C=O) groups excluding carboxylic acids is 1. The standard InChI is InChI=1S/C21H20O2Se/c22-21(16-15-17-9-3-1-4-10-17)23-19-13-7-8-14-20(19)24-18-11-5-2-6-12-18/h1-6,9-12,19-20H,7-8,13-14H2. The summed E-state index contributed by atoms with van der Waals surface area (Å²) in [6, 6.07) is 20.1. The molecule has 0 radical (unpaired) electrons. The monoisotopic (exact) mass is 384 g/mol. The Hall–Kier alpha value is -2.01. The van der Waals surface area contributed by atoms with E-state index in [9.17, 15) is 4.79 Å². The van der Waals surface area contributed by atoms with Gasteiger partial charge in [-0.2, -0.15) is 0 Å². The first kappa shape index (κ1) is 16.8. The van der Waals surface area contributed by atoms with Crippen LogP contribution in [0.5, 0.6) is 0 Å². The molecular formula is C21H20O2Se. The Bertz CT molecular complexity index is 716. The molecule has 1 aliphatic carbocycles. The molecule has 2 atom stereocenters. The van der Waals surface area contributed by atoms with E-state index in [0.29, 0.717) is 19.8 Å². The van der Waals surface area contributed by atoms with Crippen molar-refractivity contribution >= 4 is 25.4 Å². The number of hydrogen-bond donors (Lipinski definition) is 0. The van der Waals surface area contributed by atoms with Crippen molar-refractivity contribution in [3.8, 4) is 11.8 Å². The fraction of sp³-hybridized carbons (Fsp3) is 0.286. The molecule has 0 N–H and O–H groups in total. The zero-order valence-corrected chi connectivity index (χ0v) is 15.2. The molecule has 3 rings (SSSR count). The van der Waals surface area contributed by atoms with Crippen molar-refractivity contribution in [3.63, 3.8) is 0 Å². The van der Waals surface area contributed by atoms with Gasteiger partial charge in [-0.15, -0.1) is 0 Å². The van der Waals surface area contributed by atoms with E-state index in [1.165, 1.54) is 10.9 Å². The van der Waals surface area contributed by atoms with E-state index in [1.54, 1.807) is 0 Å². The summed E-state index contributed by atoms with van der Waals surface area (Å²) in [5, 5.41) is 0. The second-order valence-corrected chi connectivity index (χ2v) is 8.57.